The minimum absolute atomic E-state index is 0.0620. The Kier molecular flexibility index (Phi) is 6.77. The van der Waals surface area contributed by atoms with Crippen LogP contribution < -0.4 is 10.6 Å². The van der Waals surface area contributed by atoms with E-state index in [2.05, 4.69) is 49.1 Å². The number of fused-ring (bicyclic) bond motifs is 1. The predicted octanol–water partition coefficient (Wildman–Crippen LogP) is 5.73. The highest BCUT2D eigenvalue weighted by Crippen LogP contribution is 2.40. The van der Waals surface area contributed by atoms with Crippen molar-refractivity contribution in [1.29, 1.82) is 0 Å². The van der Waals surface area contributed by atoms with E-state index in [1.807, 2.05) is 79.0 Å². The molecule has 2 aromatic carbocycles. The van der Waals surface area contributed by atoms with Gasteiger partial charge in [-0.05, 0) is 67.0 Å². The number of nitrogens with zero attached hydrogens (tertiary/aromatic N) is 4. The van der Waals surface area contributed by atoms with E-state index < -0.39 is 0 Å². The van der Waals surface area contributed by atoms with E-state index in [-0.39, 0.29) is 24.4 Å². The summed E-state index contributed by atoms with van der Waals surface area (Å²) in [5, 5.41) is 9.30. The van der Waals surface area contributed by atoms with Crippen molar-refractivity contribution in [1.82, 2.24) is 24.8 Å². The van der Waals surface area contributed by atoms with E-state index in [0.29, 0.717) is 11.7 Å². The van der Waals surface area contributed by atoms with Crippen molar-refractivity contribution >= 4 is 39.7 Å². The van der Waals surface area contributed by atoms with Crippen molar-refractivity contribution in [2.45, 2.75) is 25.4 Å². The normalized spacial score (nSPS) is 16.8. The summed E-state index contributed by atoms with van der Waals surface area (Å²) in [4.78, 5) is 24.3. The molecule has 0 bridgehead atoms. The first-order valence-corrected chi connectivity index (χ1v) is 13.4. The molecule has 0 aliphatic carbocycles. The van der Waals surface area contributed by atoms with Gasteiger partial charge in [0.05, 0.1) is 29.7 Å². The molecular formula is C31H28N6OS. The molecule has 4 heterocycles. The van der Waals surface area contributed by atoms with Gasteiger partial charge in [0, 0.05) is 47.8 Å². The molecule has 2 atom stereocenters. The number of amides is 1. The number of aromatic nitrogens is 3. The van der Waals surface area contributed by atoms with E-state index >= 15 is 0 Å². The minimum Gasteiger partial charge on any atom is -0.352 e. The Bertz CT molecular complexity index is 1630. The second-order valence-corrected chi connectivity index (χ2v) is 9.98. The maximum Gasteiger partial charge on any atom is 0.226 e. The average Bonchev–Trinajstić information content (AvgIpc) is 3.51. The summed E-state index contributed by atoms with van der Waals surface area (Å²) in [7, 11) is 0. The number of aryl methyl sites for hydroxylation is 1. The second kappa shape index (κ2) is 10.7. The molecule has 1 aliphatic heterocycles. The molecule has 0 spiro atoms. The number of thiocarbonyl (C=S) groups is 1. The molecule has 1 fully saturated rings. The third kappa shape index (κ3) is 4.86. The van der Waals surface area contributed by atoms with Gasteiger partial charge in [-0.15, -0.1) is 0 Å². The molecule has 5 aromatic rings. The third-order valence-electron chi connectivity index (χ3n) is 7.15. The molecule has 0 radical (unpaired) electrons. The molecule has 1 aliphatic rings. The number of rotatable bonds is 7. The number of hydrogen-bond acceptors (Lipinski definition) is 4. The smallest absolute Gasteiger partial charge is 0.226 e. The van der Waals surface area contributed by atoms with Crippen LogP contribution in [0.1, 0.15) is 35.6 Å². The van der Waals surface area contributed by atoms with Crippen LogP contribution in [-0.2, 0) is 4.79 Å². The highest BCUT2D eigenvalue weighted by molar-refractivity contribution is 7.80. The maximum atomic E-state index is 13.2. The van der Waals surface area contributed by atoms with Gasteiger partial charge < -0.3 is 20.1 Å². The SMILES string of the molecule is Cc1ccc([C@@H]2[C@H](c3ccccn3)NC(=S)N2CCC(=O)Nc2cccc3ccccc23)n1-c1cccnc1. The molecule has 39 heavy (non-hydrogen) atoms. The summed E-state index contributed by atoms with van der Waals surface area (Å²) in [6.45, 7) is 2.53. The molecule has 8 heteroatoms. The van der Waals surface area contributed by atoms with Gasteiger partial charge in [-0.25, -0.2) is 0 Å². The van der Waals surface area contributed by atoms with E-state index in [0.717, 1.165) is 39.2 Å². The fourth-order valence-electron chi connectivity index (χ4n) is 5.37. The fraction of sp³-hybridized carbons (Fsp3) is 0.161. The van der Waals surface area contributed by atoms with Gasteiger partial charge >= 0.3 is 0 Å². The van der Waals surface area contributed by atoms with E-state index in [1.54, 1.807) is 12.4 Å². The van der Waals surface area contributed by atoms with Gasteiger partial charge in [0.25, 0.3) is 0 Å². The number of pyridine rings is 2. The summed E-state index contributed by atoms with van der Waals surface area (Å²) >= 11 is 5.84. The summed E-state index contributed by atoms with van der Waals surface area (Å²) in [6.07, 6.45) is 5.70. The summed E-state index contributed by atoms with van der Waals surface area (Å²) in [5.41, 5.74) is 4.82. The van der Waals surface area contributed by atoms with Crippen LogP contribution in [0.3, 0.4) is 0 Å². The fourth-order valence-corrected chi connectivity index (χ4v) is 5.70. The first-order chi connectivity index (χ1) is 19.1. The van der Waals surface area contributed by atoms with Crippen LogP contribution >= 0.6 is 12.2 Å². The minimum atomic E-state index is -0.176. The molecule has 2 N–H and O–H groups in total. The second-order valence-electron chi connectivity index (χ2n) is 9.59. The van der Waals surface area contributed by atoms with E-state index in [4.69, 9.17) is 12.2 Å². The number of nitrogens with one attached hydrogen (secondary N) is 2. The molecule has 0 unspecified atom stereocenters. The number of carbonyl (C=O) groups excluding carboxylic acids is 1. The standard InChI is InChI=1S/C31H28N6OS/c1-21-14-15-27(37(21)23-10-7-17-32-20-23)30-29(26-12-4-5-18-33-26)35-31(39)36(30)19-16-28(38)34-25-13-6-9-22-8-2-3-11-24(22)25/h2-15,17-18,20,29-30H,16,19H2,1H3,(H,34,38)(H,35,39)/t29-,30+/m0/s1. The summed E-state index contributed by atoms with van der Waals surface area (Å²) < 4.78 is 2.20. The lowest BCUT2D eigenvalue weighted by Crippen LogP contribution is -2.33. The maximum absolute atomic E-state index is 13.2. The Balaban J connectivity index is 1.30. The zero-order valence-corrected chi connectivity index (χ0v) is 22.3. The lowest BCUT2D eigenvalue weighted by atomic mass is 10.0. The zero-order chi connectivity index (χ0) is 26.8. The third-order valence-corrected chi connectivity index (χ3v) is 7.51. The van der Waals surface area contributed by atoms with Gasteiger partial charge in [0.2, 0.25) is 5.91 Å². The molecule has 6 rings (SSSR count). The van der Waals surface area contributed by atoms with Gasteiger partial charge in [-0.3, -0.25) is 14.8 Å². The van der Waals surface area contributed by atoms with Gasteiger partial charge in [0.15, 0.2) is 5.11 Å². The van der Waals surface area contributed by atoms with Crippen molar-refractivity contribution in [2.24, 2.45) is 0 Å². The topological polar surface area (TPSA) is 75.1 Å². The Morgan fingerprint density at radius 1 is 0.974 bits per heavy atom. The molecule has 7 nitrogen and oxygen atoms in total. The largest absolute Gasteiger partial charge is 0.352 e. The average molecular weight is 533 g/mol. The van der Waals surface area contributed by atoms with Crippen LogP contribution in [0.25, 0.3) is 16.5 Å². The van der Waals surface area contributed by atoms with Crippen LogP contribution in [0, 0.1) is 6.92 Å². The molecular weight excluding hydrogens is 504 g/mol. The van der Waals surface area contributed by atoms with Gasteiger partial charge in [0.1, 0.15) is 0 Å². The van der Waals surface area contributed by atoms with Crippen molar-refractivity contribution in [3.63, 3.8) is 0 Å². The lowest BCUT2D eigenvalue weighted by Gasteiger charge is -2.29. The Morgan fingerprint density at radius 3 is 2.64 bits per heavy atom. The first kappa shape index (κ1) is 24.8. The van der Waals surface area contributed by atoms with Crippen LogP contribution in [0.15, 0.2) is 104 Å². The summed E-state index contributed by atoms with van der Waals surface area (Å²) in [6, 6.07) is 27.7. The number of carbonyl (C=O) groups is 1. The first-order valence-electron chi connectivity index (χ1n) is 12.9. The van der Waals surface area contributed by atoms with Crippen molar-refractivity contribution in [3.05, 3.63) is 121 Å². The number of anilines is 1. The molecule has 194 valence electrons. The van der Waals surface area contributed by atoms with Crippen LogP contribution in [0.5, 0.6) is 0 Å². The highest BCUT2D eigenvalue weighted by atomic mass is 32.1. The molecule has 1 amide bonds. The zero-order valence-electron chi connectivity index (χ0n) is 21.5. The Labute approximate surface area is 232 Å². The van der Waals surface area contributed by atoms with Crippen molar-refractivity contribution < 1.29 is 4.79 Å². The van der Waals surface area contributed by atoms with Gasteiger partial charge in [-0.1, -0.05) is 42.5 Å². The molecule has 3 aromatic heterocycles. The lowest BCUT2D eigenvalue weighted by molar-refractivity contribution is -0.116. The van der Waals surface area contributed by atoms with Gasteiger partial charge in [-0.2, -0.15) is 0 Å². The highest BCUT2D eigenvalue weighted by Gasteiger charge is 2.41. The molecule has 0 saturated carbocycles. The predicted molar refractivity (Wildman–Crippen MR) is 158 cm³/mol. The quantitative estimate of drug-likeness (QED) is 0.261. The number of hydrogen-bond donors (Lipinski definition) is 2. The van der Waals surface area contributed by atoms with E-state index in [9.17, 15) is 4.79 Å². The number of benzene rings is 2. The van der Waals surface area contributed by atoms with Crippen LogP contribution in [-0.4, -0.2) is 37.0 Å². The molecule has 1 saturated heterocycles. The van der Waals surface area contributed by atoms with E-state index in [1.165, 1.54) is 0 Å². The van der Waals surface area contributed by atoms with Crippen LogP contribution in [0.4, 0.5) is 5.69 Å². The monoisotopic (exact) mass is 532 g/mol. The summed E-state index contributed by atoms with van der Waals surface area (Å²) in [5.74, 6) is -0.0620. The Hall–Kier alpha value is -4.56. The van der Waals surface area contributed by atoms with Crippen LogP contribution in [0.2, 0.25) is 0 Å². The Morgan fingerprint density at radius 2 is 1.82 bits per heavy atom. The van der Waals surface area contributed by atoms with Crippen molar-refractivity contribution in [3.8, 4) is 5.69 Å². The van der Waals surface area contributed by atoms with Crippen molar-refractivity contribution in [2.75, 3.05) is 11.9 Å².